The van der Waals surface area contributed by atoms with E-state index in [1.807, 2.05) is 4.90 Å². The van der Waals surface area contributed by atoms with E-state index in [-0.39, 0.29) is 4.47 Å². The number of benzene rings is 1. The van der Waals surface area contributed by atoms with Crippen LogP contribution in [0.15, 0.2) is 16.6 Å². The smallest absolute Gasteiger partial charge is 0.186 e. The Kier molecular flexibility index (Phi) is 4.40. The van der Waals surface area contributed by atoms with Gasteiger partial charge in [-0.05, 0) is 35.1 Å². The summed E-state index contributed by atoms with van der Waals surface area (Å²) in [5.41, 5.74) is -0.441. The van der Waals surface area contributed by atoms with Crippen molar-refractivity contribution < 1.29 is 13.6 Å². The van der Waals surface area contributed by atoms with Gasteiger partial charge in [0.25, 0.3) is 0 Å². The third kappa shape index (κ3) is 2.60. The molecule has 1 aliphatic heterocycles. The molecule has 1 aliphatic rings. The maximum Gasteiger partial charge on any atom is 0.186 e. The average Bonchev–Trinajstić information content (AvgIpc) is 2.35. The summed E-state index contributed by atoms with van der Waals surface area (Å²) in [5, 5.41) is 0. The van der Waals surface area contributed by atoms with Gasteiger partial charge in [0, 0.05) is 18.1 Å². The van der Waals surface area contributed by atoms with E-state index in [0.29, 0.717) is 5.75 Å². The first-order chi connectivity index (χ1) is 8.52. The minimum Gasteiger partial charge on any atom is -0.295 e. The van der Waals surface area contributed by atoms with Gasteiger partial charge in [-0.3, -0.25) is 9.69 Å². The SMILES string of the molecule is CN1CCSCC1C(=O)c1c(F)ccc(Br)c1F. The van der Waals surface area contributed by atoms with Crippen molar-refractivity contribution in [3.05, 3.63) is 33.8 Å². The maximum atomic E-state index is 13.9. The van der Waals surface area contributed by atoms with E-state index in [1.165, 1.54) is 6.07 Å². The Morgan fingerprint density at radius 1 is 1.50 bits per heavy atom. The molecule has 0 saturated carbocycles. The molecule has 0 radical (unpaired) electrons. The highest BCUT2D eigenvalue weighted by atomic mass is 79.9. The van der Waals surface area contributed by atoms with Gasteiger partial charge < -0.3 is 0 Å². The highest BCUT2D eigenvalue weighted by Gasteiger charge is 2.31. The van der Waals surface area contributed by atoms with Gasteiger partial charge in [0.1, 0.15) is 5.82 Å². The Hall–Kier alpha value is -0.460. The fourth-order valence-electron chi connectivity index (χ4n) is 1.88. The molecular formula is C12H12BrF2NOS. The van der Waals surface area contributed by atoms with Crippen LogP contribution in [0.4, 0.5) is 8.78 Å². The third-order valence-corrected chi connectivity index (χ3v) is 4.62. The lowest BCUT2D eigenvalue weighted by molar-refractivity contribution is 0.0865. The highest BCUT2D eigenvalue weighted by Crippen LogP contribution is 2.25. The molecule has 2 rings (SSSR count). The quantitative estimate of drug-likeness (QED) is 0.612. The van der Waals surface area contributed by atoms with Gasteiger partial charge in [0.15, 0.2) is 11.6 Å². The predicted octanol–water partition coefficient (Wildman–Crippen LogP) is 2.96. The molecule has 1 fully saturated rings. The summed E-state index contributed by atoms with van der Waals surface area (Å²) in [6.07, 6.45) is 0. The fourth-order valence-corrected chi connectivity index (χ4v) is 3.43. The van der Waals surface area contributed by atoms with E-state index in [9.17, 15) is 13.6 Å². The normalized spacial score (nSPS) is 21.0. The number of carbonyl (C=O) groups is 1. The van der Waals surface area contributed by atoms with E-state index in [0.717, 1.165) is 18.4 Å². The molecule has 0 spiro atoms. The Morgan fingerprint density at radius 2 is 2.22 bits per heavy atom. The van der Waals surface area contributed by atoms with Crippen molar-refractivity contribution >= 4 is 33.5 Å². The topological polar surface area (TPSA) is 20.3 Å². The van der Waals surface area contributed by atoms with Crippen molar-refractivity contribution in [3.63, 3.8) is 0 Å². The predicted molar refractivity (Wildman–Crippen MR) is 72.1 cm³/mol. The Morgan fingerprint density at radius 3 is 2.89 bits per heavy atom. The van der Waals surface area contributed by atoms with Crippen LogP contribution >= 0.6 is 27.7 Å². The zero-order valence-electron chi connectivity index (χ0n) is 9.75. The summed E-state index contributed by atoms with van der Waals surface area (Å²) in [6, 6.07) is 1.92. The second-order valence-corrected chi connectivity index (χ2v) is 6.16. The number of nitrogens with zero attached hydrogens (tertiary/aromatic N) is 1. The van der Waals surface area contributed by atoms with Crippen LogP contribution in [0.1, 0.15) is 10.4 Å². The number of thioether (sulfide) groups is 1. The standard InChI is InChI=1S/C12H12BrF2NOS/c1-16-4-5-18-6-9(16)12(17)10-8(14)3-2-7(13)11(10)15/h2-3,9H,4-6H2,1H3. The lowest BCUT2D eigenvalue weighted by Gasteiger charge is -2.31. The summed E-state index contributed by atoms with van der Waals surface area (Å²) in [4.78, 5) is 14.1. The lowest BCUT2D eigenvalue weighted by atomic mass is 10.0. The molecule has 0 aliphatic carbocycles. The van der Waals surface area contributed by atoms with Crippen molar-refractivity contribution in [2.45, 2.75) is 6.04 Å². The number of carbonyl (C=O) groups excluding carboxylic acids is 1. The molecule has 1 aromatic rings. The highest BCUT2D eigenvalue weighted by molar-refractivity contribution is 9.10. The molecule has 0 amide bonds. The number of hydrogen-bond acceptors (Lipinski definition) is 3. The first kappa shape index (κ1) is 14.0. The molecule has 0 bridgehead atoms. The molecule has 1 atom stereocenters. The van der Waals surface area contributed by atoms with Crippen LogP contribution in [0, 0.1) is 11.6 Å². The van der Waals surface area contributed by atoms with Crippen LogP contribution in [0.5, 0.6) is 0 Å². The van der Waals surface area contributed by atoms with Gasteiger partial charge in [0.2, 0.25) is 0 Å². The summed E-state index contributed by atoms with van der Waals surface area (Å²) in [6.45, 7) is 0.748. The number of likely N-dealkylation sites (N-methyl/N-ethyl adjacent to an activating group) is 1. The zero-order valence-corrected chi connectivity index (χ0v) is 12.2. The minimum absolute atomic E-state index is 0.110. The first-order valence-electron chi connectivity index (χ1n) is 5.48. The molecule has 1 heterocycles. The van der Waals surface area contributed by atoms with E-state index in [2.05, 4.69) is 15.9 Å². The number of ketones is 1. The molecular weight excluding hydrogens is 324 g/mol. The average molecular weight is 336 g/mol. The van der Waals surface area contributed by atoms with Crippen molar-refractivity contribution in [2.24, 2.45) is 0 Å². The fraction of sp³-hybridized carbons (Fsp3) is 0.417. The van der Waals surface area contributed by atoms with E-state index in [1.54, 1.807) is 18.8 Å². The monoisotopic (exact) mass is 335 g/mol. The molecule has 18 heavy (non-hydrogen) atoms. The Labute approximate surface area is 117 Å². The molecule has 2 nitrogen and oxygen atoms in total. The van der Waals surface area contributed by atoms with Crippen LogP contribution in [0.3, 0.4) is 0 Å². The van der Waals surface area contributed by atoms with E-state index >= 15 is 0 Å². The second kappa shape index (κ2) is 5.67. The molecule has 1 unspecified atom stereocenters. The van der Waals surface area contributed by atoms with Crippen LogP contribution in [-0.4, -0.2) is 41.8 Å². The van der Waals surface area contributed by atoms with Crippen molar-refractivity contribution in [2.75, 3.05) is 25.1 Å². The van der Waals surface area contributed by atoms with Crippen LogP contribution < -0.4 is 0 Å². The van der Waals surface area contributed by atoms with Gasteiger partial charge in [-0.15, -0.1) is 0 Å². The van der Waals surface area contributed by atoms with E-state index < -0.39 is 29.0 Å². The Bertz CT molecular complexity index is 483. The minimum atomic E-state index is -0.816. The van der Waals surface area contributed by atoms with Crippen LogP contribution in [0.25, 0.3) is 0 Å². The second-order valence-electron chi connectivity index (χ2n) is 4.15. The van der Waals surface area contributed by atoms with Gasteiger partial charge in [-0.1, -0.05) is 0 Å². The summed E-state index contributed by atoms with van der Waals surface area (Å²) in [7, 11) is 1.80. The molecule has 0 aromatic heterocycles. The molecule has 6 heteroatoms. The molecule has 0 N–H and O–H groups in total. The number of hydrogen-bond donors (Lipinski definition) is 0. The number of Topliss-reactive ketones (excluding diaryl/α,β-unsaturated/α-hetero) is 1. The lowest BCUT2D eigenvalue weighted by Crippen LogP contribution is -2.45. The Balaban J connectivity index is 2.36. The van der Waals surface area contributed by atoms with Gasteiger partial charge in [-0.2, -0.15) is 11.8 Å². The van der Waals surface area contributed by atoms with Crippen LogP contribution in [-0.2, 0) is 0 Å². The third-order valence-electron chi connectivity index (χ3n) is 2.99. The van der Waals surface area contributed by atoms with E-state index in [4.69, 9.17) is 0 Å². The molecule has 98 valence electrons. The summed E-state index contributed by atoms with van der Waals surface area (Å²) >= 11 is 4.60. The van der Waals surface area contributed by atoms with Crippen molar-refractivity contribution in [1.29, 1.82) is 0 Å². The van der Waals surface area contributed by atoms with Gasteiger partial charge in [0.05, 0.1) is 16.1 Å². The van der Waals surface area contributed by atoms with Crippen molar-refractivity contribution in [1.82, 2.24) is 4.90 Å². The maximum absolute atomic E-state index is 13.9. The number of rotatable bonds is 2. The molecule has 1 saturated heterocycles. The molecule has 1 aromatic carbocycles. The zero-order chi connectivity index (χ0) is 13.3. The summed E-state index contributed by atoms with van der Waals surface area (Å²) in [5.74, 6) is -0.598. The van der Waals surface area contributed by atoms with Gasteiger partial charge in [-0.25, -0.2) is 8.78 Å². The van der Waals surface area contributed by atoms with Gasteiger partial charge >= 0.3 is 0 Å². The largest absolute Gasteiger partial charge is 0.295 e. The van der Waals surface area contributed by atoms with Crippen molar-refractivity contribution in [3.8, 4) is 0 Å². The van der Waals surface area contributed by atoms with Crippen LogP contribution in [0.2, 0.25) is 0 Å². The number of halogens is 3. The summed E-state index contributed by atoms with van der Waals surface area (Å²) < 4.78 is 27.6. The first-order valence-corrected chi connectivity index (χ1v) is 7.43.